The van der Waals surface area contributed by atoms with E-state index in [2.05, 4.69) is 5.73 Å². The van der Waals surface area contributed by atoms with Crippen LogP contribution < -0.4 is 9.92 Å². The van der Waals surface area contributed by atoms with Crippen LogP contribution in [0.2, 0.25) is 0 Å². The van der Waals surface area contributed by atoms with Crippen molar-refractivity contribution < 1.29 is 32.8 Å². The van der Waals surface area contributed by atoms with Gasteiger partial charge in [-0.1, -0.05) is 18.2 Å². The summed E-state index contributed by atoms with van der Waals surface area (Å²) in [4.78, 5) is 35.5. The van der Waals surface area contributed by atoms with Gasteiger partial charge in [0.1, 0.15) is 10.6 Å². The molecule has 12 heteroatoms. The molecule has 0 bridgehead atoms. The van der Waals surface area contributed by atoms with E-state index in [0.717, 1.165) is 22.7 Å². The molecule has 3 rings (SSSR count). The van der Waals surface area contributed by atoms with E-state index in [0.29, 0.717) is 17.7 Å². The Labute approximate surface area is 181 Å². The molecule has 0 atom stereocenters. The van der Waals surface area contributed by atoms with E-state index in [-0.39, 0.29) is 33.0 Å². The summed E-state index contributed by atoms with van der Waals surface area (Å²) in [6, 6.07) is 9.31. The van der Waals surface area contributed by atoms with Crippen LogP contribution in [0.1, 0.15) is 11.1 Å². The van der Waals surface area contributed by atoms with Crippen LogP contribution in [0.3, 0.4) is 0 Å². The van der Waals surface area contributed by atoms with Crippen molar-refractivity contribution >= 4 is 44.8 Å². The van der Waals surface area contributed by atoms with Crippen molar-refractivity contribution in [2.24, 2.45) is 0 Å². The molecule has 31 heavy (non-hydrogen) atoms. The fourth-order valence-electron chi connectivity index (χ4n) is 2.77. The number of hydrogen-bond acceptors (Lipinski definition) is 8. The number of hydrogen-bond donors (Lipinski definition) is 1. The second-order valence-electron chi connectivity index (χ2n) is 6.50. The summed E-state index contributed by atoms with van der Waals surface area (Å²) in [7, 11) is -4.30. The summed E-state index contributed by atoms with van der Waals surface area (Å²) in [5, 5.41) is 10.6. The SMILES string of the molecule is Cc1ccc([N+](=O)[O-])cc1S(=O)(=O)Oc1ccc(/C=C2\SC(=O)N(CC[NH3+])C2=O)cc1. The van der Waals surface area contributed by atoms with Gasteiger partial charge in [0.05, 0.1) is 22.9 Å². The minimum Gasteiger partial charge on any atom is -0.379 e. The highest BCUT2D eigenvalue weighted by molar-refractivity contribution is 8.18. The van der Waals surface area contributed by atoms with E-state index in [1.807, 2.05) is 0 Å². The Morgan fingerprint density at radius 2 is 1.87 bits per heavy atom. The Bertz CT molecular complexity index is 1190. The fraction of sp³-hybridized carbons (Fsp3) is 0.158. The number of aryl methyl sites for hydroxylation is 1. The zero-order valence-electron chi connectivity index (χ0n) is 16.3. The number of quaternary nitrogens is 1. The molecule has 1 fully saturated rings. The molecule has 1 saturated heterocycles. The molecule has 2 aromatic rings. The van der Waals surface area contributed by atoms with Gasteiger partial charge in [0, 0.05) is 12.1 Å². The smallest absolute Gasteiger partial charge is 0.339 e. The number of carbonyl (C=O) groups is 2. The second-order valence-corrected chi connectivity index (χ2v) is 9.01. The molecule has 1 aliphatic rings. The van der Waals surface area contributed by atoms with Crippen molar-refractivity contribution in [1.29, 1.82) is 0 Å². The zero-order valence-corrected chi connectivity index (χ0v) is 17.9. The quantitative estimate of drug-likeness (QED) is 0.282. The number of amides is 2. The topological polar surface area (TPSA) is 152 Å². The first kappa shape index (κ1) is 22.5. The van der Waals surface area contributed by atoms with Gasteiger partial charge >= 0.3 is 10.1 Å². The number of rotatable bonds is 7. The van der Waals surface area contributed by atoms with Gasteiger partial charge in [-0.05, 0) is 48.0 Å². The molecule has 0 radical (unpaired) electrons. The minimum atomic E-state index is -4.30. The van der Waals surface area contributed by atoms with E-state index in [9.17, 15) is 28.1 Å². The lowest BCUT2D eigenvalue weighted by atomic mass is 10.2. The Morgan fingerprint density at radius 1 is 1.19 bits per heavy atom. The highest BCUT2D eigenvalue weighted by Gasteiger charge is 2.34. The lowest BCUT2D eigenvalue weighted by molar-refractivity contribution is -0.385. The molecule has 1 aliphatic heterocycles. The van der Waals surface area contributed by atoms with Crippen LogP contribution in [0.15, 0.2) is 52.3 Å². The van der Waals surface area contributed by atoms with Gasteiger partial charge in [-0.2, -0.15) is 8.42 Å². The highest BCUT2D eigenvalue weighted by Crippen LogP contribution is 2.32. The molecule has 10 nitrogen and oxygen atoms in total. The predicted molar refractivity (Wildman–Crippen MR) is 113 cm³/mol. The summed E-state index contributed by atoms with van der Waals surface area (Å²) in [5.41, 5.74) is 4.14. The number of carbonyl (C=O) groups excluding carboxylic acids is 2. The molecule has 1 heterocycles. The standard InChI is InChI=1S/C19H17N3O7S2/c1-12-2-5-14(22(25)26)11-17(12)31(27,28)29-15-6-3-13(4-7-15)10-16-18(23)21(9-8-20)19(24)30-16/h2-7,10-11H,8-9,20H2,1H3/p+1/b16-10-. The summed E-state index contributed by atoms with van der Waals surface area (Å²) in [6.45, 7) is 2.16. The number of benzene rings is 2. The maximum Gasteiger partial charge on any atom is 0.339 e. The number of thioether (sulfide) groups is 1. The van der Waals surface area contributed by atoms with Crippen LogP contribution in [-0.4, -0.2) is 42.5 Å². The summed E-state index contributed by atoms with van der Waals surface area (Å²) < 4.78 is 30.3. The third-order valence-electron chi connectivity index (χ3n) is 4.29. The van der Waals surface area contributed by atoms with Crippen molar-refractivity contribution in [3.8, 4) is 5.75 Å². The number of nitro benzene ring substituents is 1. The number of nitro groups is 1. The molecule has 0 aromatic heterocycles. The summed E-state index contributed by atoms with van der Waals surface area (Å²) >= 11 is 0.822. The maximum atomic E-state index is 12.6. The zero-order chi connectivity index (χ0) is 22.8. The van der Waals surface area contributed by atoms with Gasteiger partial charge in [-0.15, -0.1) is 0 Å². The second kappa shape index (κ2) is 8.88. The van der Waals surface area contributed by atoms with Gasteiger partial charge in [-0.25, -0.2) is 0 Å². The van der Waals surface area contributed by atoms with Gasteiger partial charge in [0.25, 0.3) is 16.8 Å². The third kappa shape index (κ3) is 4.93. The average Bonchev–Trinajstić information content (AvgIpc) is 2.97. The monoisotopic (exact) mass is 464 g/mol. The largest absolute Gasteiger partial charge is 0.379 e. The van der Waals surface area contributed by atoms with E-state index in [1.165, 1.54) is 49.4 Å². The third-order valence-corrected chi connectivity index (χ3v) is 6.59. The number of nitrogens with zero attached hydrogens (tertiary/aromatic N) is 2. The Balaban J connectivity index is 1.80. The van der Waals surface area contributed by atoms with Crippen molar-refractivity contribution in [3.05, 3.63) is 68.6 Å². The van der Waals surface area contributed by atoms with Gasteiger partial charge < -0.3 is 9.92 Å². The highest BCUT2D eigenvalue weighted by atomic mass is 32.2. The molecule has 0 saturated carbocycles. The molecule has 2 aromatic carbocycles. The molecule has 162 valence electrons. The Morgan fingerprint density at radius 3 is 2.48 bits per heavy atom. The predicted octanol–water partition coefficient (Wildman–Crippen LogP) is 1.95. The van der Waals surface area contributed by atoms with Crippen LogP contribution in [0.25, 0.3) is 6.08 Å². The van der Waals surface area contributed by atoms with Gasteiger partial charge in [0.15, 0.2) is 0 Å². The van der Waals surface area contributed by atoms with E-state index in [4.69, 9.17) is 4.18 Å². The van der Waals surface area contributed by atoms with Crippen LogP contribution >= 0.6 is 11.8 Å². The van der Waals surface area contributed by atoms with E-state index in [1.54, 1.807) is 0 Å². The van der Waals surface area contributed by atoms with Crippen LogP contribution in [-0.2, 0) is 14.9 Å². The molecule has 0 unspecified atom stereocenters. The average molecular weight is 465 g/mol. The first-order valence-electron chi connectivity index (χ1n) is 8.96. The number of non-ortho nitro benzene ring substituents is 1. The van der Waals surface area contributed by atoms with Crippen molar-refractivity contribution in [2.45, 2.75) is 11.8 Å². The first-order chi connectivity index (χ1) is 14.6. The van der Waals surface area contributed by atoms with Crippen LogP contribution in [0.5, 0.6) is 5.75 Å². The Kier molecular flexibility index (Phi) is 6.43. The molecule has 2 amide bonds. The maximum absolute atomic E-state index is 12.6. The van der Waals surface area contributed by atoms with E-state index < -0.39 is 20.9 Å². The molecule has 0 aliphatic carbocycles. The summed E-state index contributed by atoms with van der Waals surface area (Å²) in [5.74, 6) is -0.407. The lowest BCUT2D eigenvalue weighted by Crippen LogP contribution is -2.55. The normalized spacial score (nSPS) is 15.5. The molecule has 0 spiro atoms. The fourth-order valence-corrected chi connectivity index (χ4v) is 4.81. The Hall–Kier alpha value is -3.22. The van der Waals surface area contributed by atoms with Crippen molar-refractivity contribution in [2.75, 3.05) is 13.1 Å². The lowest BCUT2D eigenvalue weighted by Gasteiger charge is -2.09. The van der Waals surface area contributed by atoms with Gasteiger partial charge in [-0.3, -0.25) is 24.6 Å². The molecular formula is C19H18N3O7S2+. The minimum absolute atomic E-state index is 0.00628. The van der Waals surface area contributed by atoms with Crippen LogP contribution in [0, 0.1) is 17.0 Å². The number of imide groups is 1. The van der Waals surface area contributed by atoms with Gasteiger partial charge in [0.2, 0.25) is 0 Å². The van der Waals surface area contributed by atoms with Crippen molar-refractivity contribution in [3.63, 3.8) is 0 Å². The first-order valence-corrected chi connectivity index (χ1v) is 11.2. The van der Waals surface area contributed by atoms with E-state index >= 15 is 0 Å². The van der Waals surface area contributed by atoms with Crippen molar-refractivity contribution in [1.82, 2.24) is 4.90 Å². The summed E-state index contributed by atoms with van der Waals surface area (Å²) in [6.07, 6.45) is 1.52. The van der Waals surface area contributed by atoms with Crippen LogP contribution in [0.4, 0.5) is 10.5 Å². The molecular weight excluding hydrogens is 446 g/mol. The molecule has 3 N–H and O–H groups in total.